The van der Waals surface area contributed by atoms with Gasteiger partial charge in [-0.05, 0) is 18.2 Å². The van der Waals surface area contributed by atoms with E-state index in [2.05, 4.69) is 0 Å². The Kier molecular flexibility index (Phi) is 3.16. The van der Waals surface area contributed by atoms with E-state index in [0.29, 0.717) is 15.6 Å². The molecule has 58 valence electrons. The second kappa shape index (κ2) is 3.74. The number of carbonyl (C=O) groups is 1. The Morgan fingerprint density at radius 3 is 2.45 bits per heavy atom. The minimum Gasteiger partial charge on any atom is -0.282 e. The van der Waals surface area contributed by atoms with Crippen molar-refractivity contribution in [1.82, 2.24) is 0 Å². The fourth-order valence-corrected chi connectivity index (χ4v) is 1.77. The lowest BCUT2D eigenvalue weighted by Gasteiger charge is -1.97. The molecular formula is C7H3Cl2IO. The minimum absolute atomic E-state index is 0.0794. The molecule has 0 saturated heterocycles. The molecule has 4 heteroatoms. The van der Waals surface area contributed by atoms with Crippen LogP contribution < -0.4 is 0 Å². The Morgan fingerprint density at radius 1 is 1.36 bits per heavy atom. The Balaban J connectivity index is 3.20. The highest BCUT2D eigenvalue weighted by Gasteiger charge is 2.05. The normalized spacial score (nSPS) is 9.73. The maximum atomic E-state index is 10.8. The van der Waals surface area contributed by atoms with Crippen molar-refractivity contribution < 1.29 is 4.79 Å². The van der Waals surface area contributed by atoms with Crippen LogP contribution in [0.1, 0.15) is 10.4 Å². The maximum Gasteiger partial charge on any atom is 0.223 e. The van der Waals surface area contributed by atoms with Gasteiger partial charge in [-0.3, -0.25) is 4.79 Å². The van der Waals surface area contributed by atoms with Crippen molar-refractivity contribution in [3.05, 3.63) is 33.8 Å². The lowest BCUT2D eigenvalue weighted by Crippen LogP contribution is -1.87. The molecule has 0 aliphatic rings. The molecule has 0 heterocycles. The van der Waals surface area contributed by atoms with Crippen molar-refractivity contribution in [3.63, 3.8) is 0 Å². The molecule has 0 bridgehead atoms. The molecule has 1 rings (SSSR count). The molecule has 0 atom stereocenters. The number of rotatable bonds is 1. The Labute approximate surface area is 87.8 Å². The van der Waals surface area contributed by atoms with Crippen LogP contribution in [0.3, 0.4) is 0 Å². The summed E-state index contributed by atoms with van der Waals surface area (Å²) in [5, 5.41) is 0.938. The zero-order chi connectivity index (χ0) is 8.43. The topological polar surface area (TPSA) is 17.1 Å². The first-order valence-corrected chi connectivity index (χ1v) is 4.59. The molecule has 0 aliphatic carbocycles. The van der Waals surface area contributed by atoms with E-state index < -0.39 is 0 Å². The van der Waals surface area contributed by atoms with Crippen LogP contribution in [-0.4, -0.2) is 3.79 Å². The summed E-state index contributed by atoms with van der Waals surface area (Å²) in [4.78, 5) is 10.8. The van der Waals surface area contributed by atoms with Gasteiger partial charge in [0.2, 0.25) is 3.79 Å². The minimum atomic E-state index is -0.0794. The van der Waals surface area contributed by atoms with E-state index in [0.717, 1.165) is 0 Å². The predicted octanol–water partition coefficient (Wildman–Crippen LogP) is 3.57. The van der Waals surface area contributed by atoms with E-state index in [1.165, 1.54) is 0 Å². The molecule has 1 aromatic carbocycles. The van der Waals surface area contributed by atoms with Gasteiger partial charge in [-0.15, -0.1) is 0 Å². The third-order valence-corrected chi connectivity index (χ3v) is 2.27. The summed E-state index contributed by atoms with van der Waals surface area (Å²) in [6.07, 6.45) is 0. The van der Waals surface area contributed by atoms with E-state index in [-0.39, 0.29) is 3.79 Å². The van der Waals surface area contributed by atoms with Gasteiger partial charge in [-0.25, -0.2) is 0 Å². The summed E-state index contributed by atoms with van der Waals surface area (Å²) < 4.78 is -0.0794. The quantitative estimate of drug-likeness (QED) is 0.572. The van der Waals surface area contributed by atoms with Gasteiger partial charge < -0.3 is 0 Å². The molecule has 0 N–H and O–H groups in total. The van der Waals surface area contributed by atoms with Crippen LogP contribution >= 0.6 is 45.8 Å². The molecule has 0 spiro atoms. The van der Waals surface area contributed by atoms with Gasteiger partial charge in [0.05, 0.1) is 5.02 Å². The smallest absolute Gasteiger partial charge is 0.223 e. The average Bonchev–Trinajstić information content (AvgIpc) is 1.85. The number of hydrogen-bond donors (Lipinski definition) is 0. The first-order valence-electron chi connectivity index (χ1n) is 2.76. The van der Waals surface area contributed by atoms with Crippen molar-refractivity contribution in [3.8, 4) is 0 Å². The van der Waals surface area contributed by atoms with Crippen LogP contribution in [0.4, 0.5) is 0 Å². The Morgan fingerprint density at radius 2 is 2.00 bits per heavy atom. The first kappa shape index (κ1) is 9.29. The molecule has 11 heavy (non-hydrogen) atoms. The van der Waals surface area contributed by atoms with Crippen LogP contribution in [0.5, 0.6) is 0 Å². The van der Waals surface area contributed by atoms with Gasteiger partial charge >= 0.3 is 0 Å². The highest BCUT2D eigenvalue weighted by Crippen LogP contribution is 2.22. The summed E-state index contributed by atoms with van der Waals surface area (Å²) >= 11 is 13.0. The number of benzene rings is 1. The van der Waals surface area contributed by atoms with Gasteiger partial charge in [0.25, 0.3) is 0 Å². The molecule has 0 fully saturated rings. The van der Waals surface area contributed by atoms with Gasteiger partial charge in [0, 0.05) is 33.2 Å². The number of hydrogen-bond acceptors (Lipinski definition) is 1. The lowest BCUT2D eigenvalue weighted by molar-refractivity contribution is 0.110. The standard InChI is InChI=1S/C7H3Cl2IO/c8-4-1-2-5(7(10)11)6(9)3-4/h1-3H. The predicted molar refractivity (Wildman–Crippen MR) is 54.8 cm³/mol. The third-order valence-electron chi connectivity index (χ3n) is 1.14. The van der Waals surface area contributed by atoms with Crippen molar-refractivity contribution in [2.75, 3.05) is 0 Å². The van der Waals surface area contributed by atoms with Crippen LogP contribution in [0.15, 0.2) is 18.2 Å². The molecular weight excluding hydrogens is 298 g/mol. The van der Waals surface area contributed by atoms with E-state index in [9.17, 15) is 4.79 Å². The molecule has 0 aromatic heterocycles. The van der Waals surface area contributed by atoms with Crippen molar-refractivity contribution >= 4 is 49.6 Å². The van der Waals surface area contributed by atoms with Crippen molar-refractivity contribution in [2.24, 2.45) is 0 Å². The van der Waals surface area contributed by atoms with Gasteiger partial charge in [0.15, 0.2) is 0 Å². The molecule has 0 radical (unpaired) electrons. The van der Waals surface area contributed by atoms with Gasteiger partial charge in [-0.1, -0.05) is 23.2 Å². The van der Waals surface area contributed by atoms with E-state index >= 15 is 0 Å². The maximum absolute atomic E-state index is 10.8. The largest absolute Gasteiger partial charge is 0.282 e. The molecule has 0 aliphatic heterocycles. The highest BCUT2D eigenvalue weighted by atomic mass is 127. The number of carbonyl (C=O) groups excluding carboxylic acids is 1. The fraction of sp³-hybridized carbons (Fsp3) is 0. The second-order valence-electron chi connectivity index (χ2n) is 1.90. The monoisotopic (exact) mass is 300 g/mol. The molecule has 1 aromatic rings. The van der Waals surface area contributed by atoms with E-state index in [1.807, 2.05) is 0 Å². The van der Waals surface area contributed by atoms with E-state index in [1.54, 1.807) is 40.8 Å². The fourth-order valence-electron chi connectivity index (χ4n) is 0.649. The van der Waals surface area contributed by atoms with Crippen molar-refractivity contribution in [2.45, 2.75) is 0 Å². The zero-order valence-corrected chi connectivity index (χ0v) is 8.94. The Hall–Kier alpha value is 0.200. The summed E-state index contributed by atoms with van der Waals surface area (Å²) in [6.45, 7) is 0. The van der Waals surface area contributed by atoms with Crippen LogP contribution in [0.2, 0.25) is 10.0 Å². The van der Waals surface area contributed by atoms with Gasteiger partial charge in [0.1, 0.15) is 0 Å². The summed E-state index contributed by atoms with van der Waals surface area (Å²) in [5.74, 6) is 0. The van der Waals surface area contributed by atoms with Crippen LogP contribution in [0.25, 0.3) is 0 Å². The second-order valence-corrected chi connectivity index (χ2v) is 3.72. The lowest BCUT2D eigenvalue weighted by atomic mass is 10.2. The molecule has 0 amide bonds. The number of halogens is 3. The third kappa shape index (κ3) is 2.32. The van der Waals surface area contributed by atoms with E-state index in [4.69, 9.17) is 23.2 Å². The summed E-state index contributed by atoms with van der Waals surface area (Å²) in [5.41, 5.74) is 0.497. The van der Waals surface area contributed by atoms with Crippen LogP contribution in [0, 0.1) is 0 Å². The molecule has 0 unspecified atom stereocenters. The highest BCUT2D eigenvalue weighted by molar-refractivity contribution is 14.1. The Bertz CT molecular complexity index is 298. The van der Waals surface area contributed by atoms with Crippen LogP contribution in [-0.2, 0) is 0 Å². The van der Waals surface area contributed by atoms with Gasteiger partial charge in [-0.2, -0.15) is 0 Å². The van der Waals surface area contributed by atoms with Crippen molar-refractivity contribution in [1.29, 1.82) is 0 Å². The SMILES string of the molecule is O=C(I)c1ccc(Cl)cc1Cl. The summed E-state index contributed by atoms with van der Waals surface area (Å²) in [6, 6.07) is 4.80. The summed E-state index contributed by atoms with van der Waals surface area (Å²) in [7, 11) is 0. The average molecular weight is 301 g/mol. The zero-order valence-electron chi connectivity index (χ0n) is 5.27. The first-order chi connectivity index (χ1) is 5.11. The molecule has 0 saturated carbocycles. The molecule has 1 nitrogen and oxygen atoms in total.